The summed E-state index contributed by atoms with van der Waals surface area (Å²) in [5.41, 5.74) is 3.90. The molecule has 4 rings (SSSR count). The van der Waals surface area contributed by atoms with Crippen LogP contribution in [0.15, 0.2) is 71.4 Å². The summed E-state index contributed by atoms with van der Waals surface area (Å²) in [7, 11) is 1.42. The normalized spacial score (nSPS) is 13.3. The Balaban J connectivity index is 1.51. The number of imide groups is 1. The first kappa shape index (κ1) is 24.3. The predicted molar refractivity (Wildman–Crippen MR) is 137 cm³/mol. The van der Waals surface area contributed by atoms with Gasteiger partial charge in [0.2, 0.25) is 0 Å². The molecule has 1 aliphatic heterocycles. The molecule has 1 aliphatic rings. The Morgan fingerprint density at radius 2 is 1.54 bits per heavy atom. The molecule has 9 heteroatoms. The van der Waals surface area contributed by atoms with Gasteiger partial charge in [0, 0.05) is 22.0 Å². The van der Waals surface area contributed by atoms with E-state index in [1.54, 1.807) is 36.4 Å². The number of carbonyl (C=O) groups is 3. The maximum Gasteiger partial charge on any atom is 0.283 e. The van der Waals surface area contributed by atoms with Crippen LogP contribution in [0.3, 0.4) is 0 Å². The number of rotatable bonds is 6. The molecule has 3 aromatic rings. The van der Waals surface area contributed by atoms with Crippen LogP contribution >= 0.6 is 23.2 Å². The molecule has 0 saturated carbocycles. The number of aryl methyl sites for hydroxylation is 2. The van der Waals surface area contributed by atoms with Gasteiger partial charge in [-0.2, -0.15) is 0 Å². The van der Waals surface area contributed by atoms with E-state index >= 15 is 0 Å². The van der Waals surface area contributed by atoms with E-state index < -0.39 is 11.8 Å². The van der Waals surface area contributed by atoms with E-state index in [9.17, 15) is 14.4 Å². The Hall–Kier alpha value is -3.81. The van der Waals surface area contributed by atoms with Crippen LogP contribution in [0.4, 0.5) is 17.1 Å². The van der Waals surface area contributed by atoms with Gasteiger partial charge in [0.1, 0.15) is 16.5 Å². The fourth-order valence-electron chi connectivity index (χ4n) is 3.54. The van der Waals surface area contributed by atoms with Gasteiger partial charge < -0.3 is 15.4 Å². The van der Waals surface area contributed by atoms with E-state index in [2.05, 4.69) is 10.6 Å². The van der Waals surface area contributed by atoms with Gasteiger partial charge >= 0.3 is 0 Å². The molecule has 0 radical (unpaired) electrons. The number of nitrogens with zero attached hydrogens (tertiary/aromatic N) is 1. The van der Waals surface area contributed by atoms with Crippen molar-refractivity contribution in [2.45, 2.75) is 13.8 Å². The van der Waals surface area contributed by atoms with E-state index in [-0.39, 0.29) is 22.3 Å². The number of hydrogen-bond donors (Lipinski definition) is 2. The van der Waals surface area contributed by atoms with Crippen molar-refractivity contribution >= 4 is 58.0 Å². The Bertz CT molecular complexity index is 1380. The quantitative estimate of drug-likeness (QED) is 0.419. The van der Waals surface area contributed by atoms with Crippen molar-refractivity contribution in [3.05, 3.63) is 93.1 Å². The van der Waals surface area contributed by atoms with Crippen LogP contribution in [0.1, 0.15) is 21.5 Å². The first-order valence-electron chi connectivity index (χ1n) is 10.6. The van der Waals surface area contributed by atoms with Gasteiger partial charge in [-0.3, -0.25) is 14.4 Å². The lowest BCUT2D eigenvalue weighted by atomic mass is 10.1. The SMILES string of the molecule is COc1ccc(Cl)cc1N1C(=O)C(Cl)=C(Nc2ccc(C(=O)Nc3ccc(C)c(C)c3)cc2)C1=O. The zero-order valence-corrected chi connectivity index (χ0v) is 20.6. The highest BCUT2D eigenvalue weighted by molar-refractivity contribution is 6.53. The first-order valence-corrected chi connectivity index (χ1v) is 11.3. The van der Waals surface area contributed by atoms with Gasteiger partial charge in [0.15, 0.2) is 0 Å². The minimum atomic E-state index is -0.705. The van der Waals surface area contributed by atoms with Crippen molar-refractivity contribution < 1.29 is 19.1 Å². The van der Waals surface area contributed by atoms with Crippen LogP contribution in [0.5, 0.6) is 5.75 Å². The Morgan fingerprint density at radius 3 is 2.20 bits per heavy atom. The van der Waals surface area contributed by atoms with Crippen LogP contribution < -0.4 is 20.3 Å². The van der Waals surface area contributed by atoms with Crippen LogP contribution in [0.25, 0.3) is 0 Å². The molecule has 0 fully saturated rings. The third-order valence-electron chi connectivity index (χ3n) is 5.59. The highest BCUT2D eigenvalue weighted by atomic mass is 35.5. The van der Waals surface area contributed by atoms with Gasteiger partial charge in [0.25, 0.3) is 17.7 Å². The molecule has 35 heavy (non-hydrogen) atoms. The monoisotopic (exact) mass is 509 g/mol. The number of anilines is 3. The first-order chi connectivity index (χ1) is 16.7. The summed E-state index contributed by atoms with van der Waals surface area (Å²) in [6.07, 6.45) is 0. The Morgan fingerprint density at radius 1 is 0.857 bits per heavy atom. The number of halogens is 2. The third-order valence-corrected chi connectivity index (χ3v) is 6.18. The van der Waals surface area contributed by atoms with Crippen LogP contribution in [0.2, 0.25) is 5.02 Å². The van der Waals surface area contributed by atoms with Crippen LogP contribution in [-0.2, 0) is 9.59 Å². The zero-order valence-electron chi connectivity index (χ0n) is 19.1. The van der Waals surface area contributed by atoms with E-state index in [0.29, 0.717) is 27.7 Å². The van der Waals surface area contributed by atoms with Crippen molar-refractivity contribution in [2.24, 2.45) is 0 Å². The molecule has 7 nitrogen and oxygen atoms in total. The smallest absolute Gasteiger partial charge is 0.283 e. The van der Waals surface area contributed by atoms with Gasteiger partial charge in [-0.1, -0.05) is 29.3 Å². The molecular formula is C26H21Cl2N3O4. The summed E-state index contributed by atoms with van der Waals surface area (Å²) in [5, 5.41) is 5.80. The minimum Gasteiger partial charge on any atom is -0.495 e. The van der Waals surface area contributed by atoms with Crippen LogP contribution in [-0.4, -0.2) is 24.8 Å². The lowest BCUT2D eigenvalue weighted by Crippen LogP contribution is -2.32. The fourth-order valence-corrected chi connectivity index (χ4v) is 3.92. The molecular weight excluding hydrogens is 489 g/mol. The molecule has 1 heterocycles. The molecule has 3 aromatic carbocycles. The summed E-state index contributed by atoms with van der Waals surface area (Å²) in [6.45, 7) is 3.98. The molecule has 0 aromatic heterocycles. The minimum absolute atomic E-state index is 0.0916. The van der Waals surface area contributed by atoms with E-state index in [1.807, 2.05) is 32.0 Å². The third kappa shape index (κ3) is 4.87. The largest absolute Gasteiger partial charge is 0.495 e. The number of ether oxygens (including phenoxy) is 1. The molecule has 2 N–H and O–H groups in total. The van der Waals surface area contributed by atoms with Crippen molar-refractivity contribution in [1.82, 2.24) is 0 Å². The Kier molecular flexibility index (Phi) is 6.82. The number of nitrogens with one attached hydrogen (secondary N) is 2. The highest BCUT2D eigenvalue weighted by Gasteiger charge is 2.40. The lowest BCUT2D eigenvalue weighted by Gasteiger charge is -2.18. The van der Waals surface area contributed by atoms with Crippen molar-refractivity contribution in [1.29, 1.82) is 0 Å². The van der Waals surface area contributed by atoms with E-state index in [4.69, 9.17) is 27.9 Å². The van der Waals surface area contributed by atoms with Crippen molar-refractivity contribution in [3.8, 4) is 5.75 Å². The van der Waals surface area contributed by atoms with Crippen molar-refractivity contribution in [2.75, 3.05) is 22.6 Å². The maximum atomic E-state index is 13.1. The number of benzene rings is 3. The molecule has 0 bridgehead atoms. The molecule has 0 saturated heterocycles. The van der Waals surface area contributed by atoms with Gasteiger partial charge in [-0.25, -0.2) is 4.90 Å². The second-order valence-corrected chi connectivity index (χ2v) is 8.72. The van der Waals surface area contributed by atoms with Crippen LogP contribution in [0, 0.1) is 13.8 Å². The van der Waals surface area contributed by atoms with Gasteiger partial charge in [-0.15, -0.1) is 0 Å². The second-order valence-electron chi connectivity index (χ2n) is 7.91. The topological polar surface area (TPSA) is 87.7 Å². The van der Waals surface area contributed by atoms with E-state index in [1.165, 1.54) is 13.2 Å². The number of methoxy groups -OCH3 is 1. The standard InChI is InChI=1S/C26H21Cl2N3O4/c1-14-4-8-19(12-15(14)2)30-24(32)16-5-9-18(10-6-16)29-23-22(28)25(33)31(26(23)34)20-13-17(27)7-11-21(20)35-3/h4-13,29H,1-3H3,(H,30,32). The summed E-state index contributed by atoms with van der Waals surface area (Å²) in [6, 6.07) is 16.7. The summed E-state index contributed by atoms with van der Waals surface area (Å²) in [5.74, 6) is -1.34. The predicted octanol–water partition coefficient (Wildman–Crippen LogP) is 5.65. The maximum absolute atomic E-state index is 13.1. The highest BCUT2D eigenvalue weighted by Crippen LogP contribution is 2.37. The second kappa shape index (κ2) is 9.82. The molecule has 178 valence electrons. The van der Waals surface area contributed by atoms with Gasteiger partial charge in [0.05, 0.1) is 12.8 Å². The zero-order chi connectivity index (χ0) is 25.3. The van der Waals surface area contributed by atoms with Gasteiger partial charge in [-0.05, 0) is 79.6 Å². The average molecular weight is 510 g/mol. The van der Waals surface area contributed by atoms with Crippen molar-refractivity contribution in [3.63, 3.8) is 0 Å². The molecule has 3 amide bonds. The molecule has 0 aliphatic carbocycles. The number of amides is 3. The molecule has 0 spiro atoms. The lowest BCUT2D eigenvalue weighted by molar-refractivity contribution is -0.120. The molecule has 0 unspecified atom stereocenters. The summed E-state index contributed by atoms with van der Waals surface area (Å²) >= 11 is 12.3. The molecule has 0 atom stereocenters. The Labute approximate surface area is 212 Å². The number of hydrogen-bond acceptors (Lipinski definition) is 5. The number of carbonyl (C=O) groups excluding carboxylic acids is 3. The summed E-state index contributed by atoms with van der Waals surface area (Å²) < 4.78 is 5.26. The fraction of sp³-hybridized carbons (Fsp3) is 0.115. The summed E-state index contributed by atoms with van der Waals surface area (Å²) in [4.78, 5) is 39.4. The van der Waals surface area contributed by atoms with E-state index in [0.717, 1.165) is 16.0 Å². The average Bonchev–Trinajstić information content (AvgIpc) is 3.04.